The molecule has 0 bridgehead atoms. The summed E-state index contributed by atoms with van der Waals surface area (Å²) in [5.41, 5.74) is 2.30. The number of ether oxygens (including phenoxy) is 1. The number of rotatable bonds is 1. The second-order valence-electron chi connectivity index (χ2n) is 4.97. The van der Waals surface area contributed by atoms with Crippen molar-refractivity contribution in [3.05, 3.63) is 29.8 Å². The molecular weight excluding hydrogens is 228 g/mol. The lowest BCUT2D eigenvalue weighted by Crippen LogP contribution is -2.49. The molecule has 96 valence electrons. The van der Waals surface area contributed by atoms with Crippen LogP contribution in [-0.4, -0.2) is 38.3 Å². The Hall–Kier alpha value is -1.39. The molecule has 2 unspecified atom stereocenters. The van der Waals surface area contributed by atoms with E-state index < -0.39 is 0 Å². The van der Waals surface area contributed by atoms with Crippen molar-refractivity contribution < 1.29 is 9.53 Å². The molecule has 3 rings (SSSR count). The number of para-hydroxylation sites is 1. The lowest BCUT2D eigenvalue weighted by atomic mass is 10.0. The Morgan fingerprint density at radius 1 is 1.44 bits per heavy atom. The van der Waals surface area contributed by atoms with Gasteiger partial charge in [-0.25, -0.2) is 0 Å². The zero-order valence-electron chi connectivity index (χ0n) is 10.6. The zero-order valence-corrected chi connectivity index (χ0v) is 10.6. The summed E-state index contributed by atoms with van der Waals surface area (Å²) in [6, 6.07) is 8.14. The normalized spacial score (nSPS) is 27.1. The summed E-state index contributed by atoms with van der Waals surface area (Å²) in [7, 11) is 0. The number of nitrogens with zero attached hydrogens (tertiary/aromatic N) is 1. The maximum atomic E-state index is 12.5. The molecule has 4 heteroatoms. The van der Waals surface area contributed by atoms with E-state index in [2.05, 4.69) is 18.3 Å². The van der Waals surface area contributed by atoms with E-state index in [0.29, 0.717) is 19.1 Å². The van der Waals surface area contributed by atoms with Gasteiger partial charge in [0.1, 0.15) is 6.10 Å². The van der Waals surface area contributed by atoms with Gasteiger partial charge in [-0.1, -0.05) is 25.1 Å². The van der Waals surface area contributed by atoms with Crippen LogP contribution >= 0.6 is 0 Å². The highest BCUT2D eigenvalue weighted by atomic mass is 16.5. The summed E-state index contributed by atoms with van der Waals surface area (Å²) in [5.74, 6) is 0.487. The third-order valence-electron chi connectivity index (χ3n) is 3.68. The molecule has 2 atom stereocenters. The number of carbonyl (C=O) groups excluding carboxylic acids is 1. The van der Waals surface area contributed by atoms with Gasteiger partial charge in [-0.15, -0.1) is 0 Å². The van der Waals surface area contributed by atoms with Crippen LogP contribution in [0.2, 0.25) is 0 Å². The van der Waals surface area contributed by atoms with Crippen molar-refractivity contribution in [1.82, 2.24) is 5.32 Å². The highest BCUT2D eigenvalue weighted by Gasteiger charge is 2.34. The molecule has 1 aromatic rings. The Bertz CT molecular complexity index is 455. The van der Waals surface area contributed by atoms with E-state index in [-0.39, 0.29) is 12.0 Å². The molecular formula is C14H18N2O2. The van der Waals surface area contributed by atoms with Crippen LogP contribution < -0.4 is 10.2 Å². The van der Waals surface area contributed by atoms with Crippen molar-refractivity contribution in [2.24, 2.45) is 0 Å². The fourth-order valence-corrected chi connectivity index (χ4v) is 2.73. The highest BCUT2D eigenvalue weighted by Crippen LogP contribution is 2.36. The molecule has 1 saturated heterocycles. The molecule has 0 radical (unpaired) electrons. The van der Waals surface area contributed by atoms with Gasteiger partial charge in [0.05, 0.1) is 6.61 Å². The number of amides is 1. The Labute approximate surface area is 107 Å². The Morgan fingerprint density at radius 2 is 2.28 bits per heavy atom. The van der Waals surface area contributed by atoms with E-state index in [4.69, 9.17) is 4.74 Å². The molecule has 0 saturated carbocycles. The average Bonchev–Trinajstić information content (AvgIpc) is 2.77. The van der Waals surface area contributed by atoms with Gasteiger partial charge in [0, 0.05) is 31.2 Å². The average molecular weight is 246 g/mol. The van der Waals surface area contributed by atoms with Crippen molar-refractivity contribution in [1.29, 1.82) is 0 Å². The molecule has 18 heavy (non-hydrogen) atoms. The largest absolute Gasteiger partial charge is 0.366 e. The molecule has 2 aliphatic heterocycles. The Morgan fingerprint density at radius 3 is 3.06 bits per heavy atom. The summed E-state index contributed by atoms with van der Waals surface area (Å²) in [5, 5.41) is 3.20. The molecule has 0 aliphatic carbocycles. The fraction of sp³-hybridized carbons (Fsp3) is 0.500. The summed E-state index contributed by atoms with van der Waals surface area (Å²) in [6.07, 6.45) is -0.336. The molecule has 4 nitrogen and oxygen atoms in total. The minimum atomic E-state index is -0.336. The van der Waals surface area contributed by atoms with Gasteiger partial charge in [0.25, 0.3) is 5.91 Å². The molecule has 0 aromatic heterocycles. The van der Waals surface area contributed by atoms with Gasteiger partial charge >= 0.3 is 0 Å². The monoisotopic (exact) mass is 246 g/mol. The van der Waals surface area contributed by atoms with E-state index in [0.717, 1.165) is 18.8 Å². The topological polar surface area (TPSA) is 41.6 Å². The standard InChI is InChI=1S/C14H18N2O2/c1-10-9-16(12-5-3-2-4-11(10)12)14(17)13-8-15-6-7-18-13/h2-5,10,13,15H,6-9H2,1H3. The van der Waals surface area contributed by atoms with Crippen molar-refractivity contribution in [3.63, 3.8) is 0 Å². The third-order valence-corrected chi connectivity index (χ3v) is 3.68. The van der Waals surface area contributed by atoms with Crippen LogP contribution in [0.5, 0.6) is 0 Å². The maximum absolute atomic E-state index is 12.5. The molecule has 2 heterocycles. The van der Waals surface area contributed by atoms with Gasteiger partial charge in [-0.3, -0.25) is 4.79 Å². The second-order valence-corrected chi connectivity index (χ2v) is 4.97. The summed E-state index contributed by atoms with van der Waals surface area (Å²) >= 11 is 0. The van der Waals surface area contributed by atoms with Gasteiger partial charge in [-0.2, -0.15) is 0 Å². The third kappa shape index (κ3) is 1.91. The predicted molar refractivity (Wildman–Crippen MR) is 69.8 cm³/mol. The van der Waals surface area contributed by atoms with Crippen LogP contribution in [0.1, 0.15) is 18.4 Å². The van der Waals surface area contributed by atoms with Crippen molar-refractivity contribution in [3.8, 4) is 0 Å². The molecule has 1 aromatic carbocycles. The van der Waals surface area contributed by atoms with Gasteiger partial charge < -0.3 is 15.0 Å². The number of benzene rings is 1. The number of carbonyl (C=O) groups is 1. The first kappa shape index (κ1) is 11.7. The lowest BCUT2D eigenvalue weighted by molar-refractivity contribution is -0.131. The highest BCUT2D eigenvalue weighted by molar-refractivity contribution is 5.99. The van der Waals surface area contributed by atoms with Crippen LogP contribution in [0, 0.1) is 0 Å². The Balaban J connectivity index is 1.83. The minimum absolute atomic E-state index is 0.0824. The molecule has 1 fully saturated rings. The first-order valence-electron chi connectivity index (χ1n) is 6.50. The van der Waals surface area contributed by atoms with Crippen LogP contribution in [0.25, 0.3) is 0 Å². The number of nitrogens with one attached hydrogen (secondary N) is 1. The molecule has 0 spiro atoms. The van der Waals surface area contributed by atoms with Crippen molar-refractivity contribution in [2.45, 2.75) is 18.9 Å². The smallest absolute Gasteiger partial charge is 0.257 e. The van der Waals surface area contributed by atoms with Crippen LogP contribution in [0.4, 0.5) is 5.69 Å². The SMILES string of the molecule is CC1CN(C(=O)C2CNCCO2)c2ccccc21. The van der Waals surface area contributed by atoms with Crippen LogP contribution in [-0.2, 0) is 9.53 Å². The van der Waals surface area contributed by atoms with E-state index in [1.165, 1.54) is 5.56 Å². The molecule has 1 N–H and O–H groups in total. The van der Waals surface area contributed by atoms with Crippen LogP contribution in [0.15, 0.2) is 24.3 Å². The molecule has 1 amide bonds. The van der Waals surface area contributed by atoms with Crippen LogP contribution in [0.3, 0.4) is 0 Å². The number of hydrogen-bond donors (Lipinski definition) is 1. The second kappa shape index (κ2) is 4.71. The summed E-state index contributed by atoms with van der Waals surface area (Å²) < 4.78 is 5.55. The van der Waals surface area contributed by atoms with E-state index in [1.807, 2.05) is 23.1 Å². The number of anilines is 1. The molecule has 2 aliphatic rings. The van der Waals surface area contributed by atoms with Gasteiger partial charge in [0.15, 0.2) is 0 Å². The predicted octanol–water partition coefficient (Wildman–Crippen LogP) is 1.13. The minimum Gasteiger partial charge on any atom is -0.366 e. The summed E-state index contributed by atoms with van der Waals surface area (Å²) in [6.45, 7) is 4.98. The Kier molecular flexibility index (Phi) is 3.06. The number of hydrogen-bond acceptors (Lipinski definition) is 3. The zero-order chi connectivity index (χ0) is 12.5. The first-order valence-corrected chi connectivity index (χ1v) is 6.50. The van der Waals surface area contributed by atoms with Gasteiger partial charge in [-0.05, 0) is 11.6 Å². The quantitative estimate of drug-likeness (QED) is 0.807. The first-order chi connectivity index (χ1) is 8.77. The number of morpholine rings is 1. The van der Waals surface area contributed by atoms with E-state index >= 15 is 0 Å². The lowest BCUT2D eigenvalue weighted by Gasteiger charge is -2.27. The summed E-state index contributed by atoms with van der Waals surface area (Å²) in [4.78, 5) is 14.3. The number of fused-ring (bicyclic) bond motifs is 1. The van der Waals surface area contributed by atoms with Crippen molar-refractivity contribution in [2.75, 3.05) is 31.1 Å². The van der Waals surface area contributed by atoms with Gasteiger partial charge in [0.2, 0.25) is 0 Å². The van der Waals surface area contributed by atoms with E-state index in [1.54, 1.807) is 0 Å². The maximum Gasteiger partial charge on any atom is 0.257 e. The van der Waals surface area contributed by atoms with E-state index in [9.17, 15) is 4.79 Å². The fourth-order valence-electron chi connectivity index (χ4n) is 2.73. The van der Waals surface area contributed by atoms with Crippen molar-refractivity contribution >= 4 is 11.6 Å².